The molecule has 132 valence electrons. The average Bonchev–Trinajstić information content (AvgIpc) is 2.57. The van der Waals surface area contributed by atoms with Gasteiger partial charge < -0.3 is 15.1 Å². The van der Waals surface area contributed by atoms with Crippen LogP contribution in [0.3, 0.4) is 0 Å². The van der Waals surface area contributed by atoms with Crippen LogP contribution in [0.1, 0.15) is 46.0 Å². The molecule has 1 fully saturated rings. The second-order valence-electron chi connectivity index (χ2n) is 6.43. The number of anilines is 1. The predicted octanol–water partition coefficient (Wildman–Crippen LogP) is 3.12. The molecule has 1 aromatic carbocycles. The van der Waals surface area contributed by atoms with Crippen LogP contribution in [-0.4, -0.2) is 19.0 Å². The van der Waals surface area contributed by atoms with Gasteiger partial charge in [-0.25, -0.2) is 9.18 Å². The quantitative estimate of drug-likeness (QED) is 0.897. The lowest BCUT2D eigenvalue weighted by Crippen LogP contribution is -2.28. The highest BCUT2D eigenvalue weighted by Gasteiger charge is 2.22. The van der Waals surface area contributed by atoms with E-state index in [1.54, 1.807) is 19.9 Å². The number of hydrogen-bond donors (Lipinski definition) is 2. The van der Waals surface area contributed by atoms with E-state index in [1.807, 2.05) is 0 Å². The highest BCUT2D eigenvalue weighted by atomic mass is 19.1. The lowest BCUT2D eigenvalue weighted by Gasteiger charge is -2.22. The Hall–Kier alpha value is -2.47. The van der Waals surface area contributed by atoms with E-state index < -0.39 is 11.5 Å². The Labute approximate surface area is 145 Å². The molecule has 1 amide bonds. The second kappa shape index (κ2) is 7.19. The van der Waals surface area contributed by atoms with Gasteiger partial charge in [0.15, 0.2) is 0 Å². The summed E-state index contributed by atoms with van der Waals surface area (Å²) in [5, 5.41) is 5.93. The predicted molar refractivity (Wildman–Crippen MR) is 93.6 cm³/mol. The van der Waals surface area contributed by atoms with Crippen molar-refractivity contribution in [3.63, 3.8) is 0 Å². The molecule has 1 aromatic heterocycles. The lowest BCUT2D eigenvalue weighted by molar-refractivity contribution is 0.102. The van der Waals surface area contributed by atoms with Crippen molar-refractivity contribution in [3.8, 4) is 0 Å². The summed E-state index contributed by atoms with van der Waals surface area (Å²) < 4.78 is 18.6. The van der Waals surface area contributed by atoms with E-state index in [-0.39, 0.29) is 17.3 Å². The molecule has 25 heavy (non-hydrogen) atoms. The van der Waals surface area contributed by atoms with Gasteiger partial charge in [0.1, 0.15) is 17.1 Å². The molecule has 0 spiro atoms. The van der Waals surface area contributed by atoms with Gasteiger partial charge in [0.25, 0.3) is 5.91 Å². The molecule has 2 N–H and O–H groups in total. The molecule has 1 aliphatic heterocycles. The van der Waals surface area contributed by atoms with Crippen LogP contribution < -0.4 is 16.3 Å². The number of rotatable bonds is 3. The maximum Gasteiger partial charge on any atom is 0.349 e. The van der Waals surface area contributed by atoms with Crippen LogP contribution in [0.25, 0.3) is 0 Å². The van der Waals surface area contributed by atoms with Gasteiger partial charge in [-0.1, -0.05) is 0 Å². The topological polar surface area (TPSA) is 71.3 Å². The molecule has 2 aromatic rings. The Morgan fingerprint density at radius 3 is 2.56 bits per heavy atom. The van der Waals surface area contributed by atoms with Crippen molar-refractivity contribution in [2.45, 2.75) is 32.6 Å². The Bertz CT molecular complexity index is 854. The van der Waals surface area contributed by atoms with Crippen molar-refractivity contribution in [1.82, 2.24) is 5.32 Å². The van der Waals surface area contributed by atoms with Crippen molar-refractivity contribution in [2.24, 2.45) is 0 Å². The van der Waals surface area contributed by atoms with Gasteiger partial charge in [-0.15, -0.1) is 0 Å². The van der Waals surface area contributed by atoms with Crippen LogP contribution >= 0.6 is 0 Å². The normalized spacial score (nSPS) is 15.2. The van der Waals surface area contributed by atoms with Crippen molar-refractivity contribution >= 4 is 11.6 Å². The first-order chi connectivity index (χ1) is 12.0. The molecule has 3 rings (SSSR count). The first-order valence-electron chi connectivity index (χ1n) is 8.38. The molecule has 0 saturated carbocycles. The van der Waals surface area contributed by atoms with Crippen LogP contribution in [-0.2, 0) is 0 Å². The molecule has 0 unspecified atom stereocenters. The molecule has 2 heterocycles. The number of amides is 1. The molecule has 0 radical (unpaired) electrons. The van der Waals surface area contributed by atoms with Crippen LogP contribution in [0.15, 0.2) is 33.5 Å². The van der Waals surface area contributed by atoms with Gasteiger partial charge >= 0.3 is 5.63 Å². The molecule has 5 nitrogen and oxygen atoms in total. The number of aryl methyl sites for hydroxylation is 2. The van der Waals surface area contributed by atoms with Gasteiger partial charge in [-0.2, -0.15) is 0 Å². The largest absolute Gasteiger partial charge is 0.427 e. The van der Waals surface area contributed by atoms with Crippen molar-refractivity contribution < 1.29 is 13.6 Å². The van der Waals surface area contributed by atoms with Gasteiger partial charge in [0, 0.05) is 11.6 Å². The van der Waals surface area contributed by atoms with Crippen LogP contribution in [0.5, 0.6) is 0 Å². The Morgan fingerprint density at radius 2 is 1.92 bits per heavy atom. The van der Waals surface area contributed by atoms with E-state index in [0.29, 0.717) is 22.6 Å². The van der Waals surface area contributed by atoms with Crippen molar-refractivity contribution in [3.05, 3.63) is 63.0 Å². The number of nitrogens with one attached hydrogen (secondary N) is 2. The van der Waals surface area contributed by atoms with Gasteiger partial charge in [-0.3, -0.25) is 4.79 Å². The smallest absolute Gasteiger partial charge is 0.349 e. The highest BCUT2D eigenvalue weighted by molar-refractivity contribution is 6.05. The summed E-state index contributed by atoms with van der Waals surface area (Å²) in [5.74, 6) is -0.0852. The fourth-order valence-electron chi connectivity index (χ4n) is 3.17. The average molecular weight is 344 g/mol. The molecule has 0 aliphatic carbocycles. The molecule has 1 aliphatic rings. The first-order valence-corrected chi connectivity index (χ1v) is 8.38. The maximum atomic E-state index is 13.2. The summed E-state index contributed by atoms with van der Waals surface area (Å²) in [4.78, 5) is 24.9. The zero-order chi connectivity index (χ0) is 18.0. The van der Waals surface area contributed by atoms with Crippen LogP contribution in [0, 0.1) is 19.7 Å². The number of carbonyl (C=O) groups excluding carboxylic acids is 1. The Kier molecular flexibility index (Phi) is 4.99. The van der Waals surface area contributed by atoms with Crippen molar-refractivity contribution in [2.75, 3.05) is 18.4 Å². The number of carbonyl (C=O) groups is 1. The van der Waals surface area contributed by atoms with E-state index in [4.69, 9.17) is 4.42 Å². The highest BCUT2D eigenvalue weighted by Crippen LogP contribution is 2.25. The van der Waals surface area contributed by atoms with E-state index in [2.05, 4.69) is 10.6 Å². The summed E-state index contributed by atoms with van der Waals surface area (Å²) in [7, 11) is 0. The zero-order valence-electron chi connectivity index (χ0n) is 14.3. The summed E-state index contributed by atoms with van der Waals surface area (Å²) in [6.07, 6.45) is 1.81. The molecular weight excluding hydrogens is 323 g/mol. The fourth-order valence-corrected chi connectivity index (χ4v) is 3.17. The first kappa shape index (κ1) is 17.4. The SMILES string of the molecule is Cc1cc(F)ccc1NC(=O)c1c(C)cc(C2CCNCC2)oc1=O. The monoisotopic (exact) mass is 344 g/mol. The number of hydrogen-bond acceptors (Lipinski definition) is 4. The second-order valence-corrected chi connectivity index (χ2v) is 6.43. The van der Waals surface area contributed by atoms with E-state index >= 15 is 0 Å². The molecule has 1 saturated heterocycles. The Balaban J connectivity index is 1.86. The van der Waals surface area contributed by atoms with E-state index in [1.165, 1.54) is 18.2 Å². The summed E-state index contributed by atoms with van der Waals surface area (Å²) in [6, 6.07) is 5.84. The minimum Gasteiger partial charge on any atom is -0.427 e. The third kappa shape index (κ3) is 3.79. The van der Waals surface area contributed by atoms with E-state index in [9.17, 15) is 14.0 Å². The summed E-state index contributed by atoms with van der Waals surface area (Å²) in [6.45, 7) is 5.20. The van der Waals surface area contributed by atoms with Crippen LogP contribution in [0.4, 0.5) is 10.1 Å². The van der Waals surface area contributed by atoms with Crippen LogP contribution in [0.2, 0.25) is 0 Å². The number of benzene rings is 1. The fraction of sp³-hybridized carbons (Fsp3) is 0.368. The van der Waals surface area contributed by atoms with E-state index in [0.717, 1.165) is 25.9 Å². The molecular formula is C19H21FN2O3. The molecule has 0 atom stereocenters. The standard InChI is InChI=1S/C19H21FN2O3/c1-11-9-14(20)3-4-15(11)22-18(23)17-12(2)10-16(25-19(17)24)13-5-7-21-8-6-13/h3-4,9-10,13,21H,5-8H2,1-2H3,(H,22,23). The number of halogens is 1. The zero-order valence-corrected chi connectivity index (χ0v) is 14.3. The maximum absolute atomic E-state index is 13.2. The van der Waals surface area contributed by atoms with Gasteiger partial charge in [0.2, 0.25) is 0 Å². The lowest BCUT2D eigenvalue weighted by atomic mass is 9.94. The summed E-state index contributed by atoms with van der Waals surface area (Å²) in [5.41, 5.74) is 0.989. The third-order valence-corrected chi connectivity index (χ3v) is 4.57. The molecule has 6 heteroatoms. The van der Waals surface area contributed by atoms with Crippen molar-refractivity contribution in [1.29, 1.82) is 0 Å². The summed E-state index contributed by atoms with van der Waals surface area (Å²) >= 11 is 0. The minimum absolute atomic E-state index is 0.0126. The minimum atomic E-state index is -0.634. The molecule has 0 bridgehead atoms. The Morgan fingerprint density at radius 1 is 1.20 bits per heavy atom. The number of piperidine rings is 1. The van der Waals surface area contributed by atoms with Gasteiger partial charge in [-0.05, 0) is 75.2 Å². The van der Waals surface area contributed by atoms with Gasteiger partial charge in [0.05, 0.1) is 0 Å². The third-order valence-electron chi connectivity index (χ3n) is 4.57.